The summed E-state index contributed by atoms with van der Waals surface area (Å²) in [5.41, 5.74) is 2.93. The van der Waals surface area contributed by atoms with Gasteiger partial charge in [0.25, 0.3) is 11.8 Å². The molecule has 0 radical (unpaired) electrons. The molecule has 0 bridgehead atoms. The number of rotatable bonds is 3. The molecule has 1 saturated carbocycles. The van der Waals surface area contributed by atoms with Crippen LogP contribution in [-0.4, -0.2) is 22.1 Å². The summed E-state index contributed by atoms with van der Waals surface area (Å²) in [6, 6.07) is 18.0. The lowest BCUT2D eigenvalue weighted by atomic mass is 10.1. The fraction of sp³-hybridized carbons (Fsp3) is 0.125. The molecule has 158 valence electrons. The summed E-state index contributed by atoms with van der Waals surface area (Å²) < 4.78 is 18.9. The summed E-state index contributed by atoms with van der Waals surface area (Å²) in [6.07, 6.45) is 2.02. The Morgan fingerprint density at radius 1 is 1.03 bits per heavy atom. The van der Waals surface area contributed by atoms with Gasteiger partial charge in [0, 0.05) is 27.0 Å². The van der Waals surface area contributed by atoms with E-state index in [-0.39, 0.29) is 22.9 Å². The van der Waals surface area contributed by atoms with Gasteiger partial charge in [0.05, 0.1) is 16.3 Å². The van der Waals surface area contributed by atoms with Crippen molar-refractivity contribution in [3.8, 4) is 22.8 Å². The second-order valence-corrected chi connectivity index (χ2v) is 9.23. The van der Waals surface area contributed by atoms with Crippen LogP contribution in [0.15, 0.2) is 75.0 Å². The molecule has 1 aliphatic heterocycles. The minimum absolute atomic E-state index is 0.00724. The fourth-order valence-electron chi connectivity index (χ4n) is 3.81. The molecule has 4 aromatic rings. The molecule has 3 aromatic carbocycles. The maximum Gasteiger partial charge on any atom is 0.259 e. The van der Waals surface area contributed by atoms with E-state index in [1.807, 2.05) is 47.4 Å². The van der Waals surface area contributed by atoms with Gasteiger partial charge in [-0.3, -0.25) is 4.79 Å². The Labute approximate surface area is 192 Å². The molecule has 1 fully saturated rings. The maximum absolute atomic E-state index is 13.5. The number of carbonyl (C=O) groups excluding carboxylic acids is 1. The van der Waals surface area contributed by atoms with Crippen LogP contribution in [0.25, 0.3) is 22.8 Å². The normalized spacial score (nSPS) is 15.3. The van der Waals surface area contributed by atoms with E-state index in [0.717, 1.165) is 39.4 Å². The molecule has 5 nitrogen and oxygen atoms in total. The Morgan fingerprint density at radius 3 is 2.66 bits per heavy atom. The van der Waals surface area contributed by atoms with Gasteiger partial charge in [0.2, 0.25) is 5.82 Å². The molecule has 1 aliphatic carbocycles. The first-order chi connectivity index (χ1) is 15.6. The molecule has 2 heterocycles. The van der Waals surface area contributed by atoms with E-state index in [1.165, 1.54) is 12.1 Å². The van der Waals surface area contributed by atoms with Crippen molar-refractivity contribution >= 4 is 35.0 Å². The van der Waals surface area contributed by atoms with E-state index < -0.39 is 5.82 Å². The van der Waals surface area contributed by atoms with Crippen LogP contribution in [0.1, 0.15) is 23.2 Å². The molecule has 0 spiro atoms. The van der Waals surface area contributed by atoms with Crippen LogP contribution in [0.2, 0.25) is 5.02 Å². The van der Waals surface area contributed by atoms with Crippen LogP contribution in [0, 0.1) is 5.82 Å². The summed E-state index contributed by atoms with van der Waals surface area (Å²) in [5.74, 6) is 0.195. The number of amides is 1. The summed E-state index contributed by atoms with van der Waals surface area (Å²) in [4.78, 5) is 21.6. The standard InChI is InChI=1S/C24H15ClFN3O2S/c25-17-11-14(5-9-18(17)26)23-27-22(28-31-23)13-6-10-19-21(12-13)32-20-4-2-1-3-16(20)24(30)29(19)15-7-8-15/h1-6,9-12,15H,7-8H2. The van der Waals surface area contributed by atoms with Gasteiger partial charge < -0.3 is 9.42 Å². The highest BCUT2D eigenvalue weighted by Gasteiger charge is 2.38. The van der Waals surface area contributed by atoms with Crippen molar-refractivity contribution in [3.63, 3.8) is 0 Å². The highest BCUT2D eigenvalue weighted by Crippen LogP contribution is 2.46. The van der Waals surface area contributed by atoms with Gasteiger partial charge in [0.1, 0.15) is 5.82 Å². The Balaban J connectivity index is 1.41. The molecule has 1 aromatic heterocycles. The number of carbonyl (C=O) groups is 1. The van der Waals surface area contributed by atoms with Gasteiger partial charge in [-0.25, -0.2) is 4.39 Å². The third-order valence-corrected chi connectivity index (χ3v) is 6.95. The van der Waals surface area contributed by atoms with Gasteiger partial charge >= 0.3 is 0 Å². The molecule has 0 saturated heterocycles. The smallest absolute Gasteiger partial charge is 0.259 e. The molecular weight excluding hydrogens is 449 g/mol. The molecule has 32 heavy (non-hydrogen) atoms. The predicted octanol–water partition coefficient (Wildman–Crippen LogP) is 6.47. The van der Waals surface area contributed by atoms with E-state index >= 15 is 0 Å². The third kappa shape index (κ3) is 3.29. The minimum atomic E-state index is -0.507. The molecule has 0 unspecified atom stereocenters. The van der Waals surface area contributed by atoms with E-state index in [1.54, 1.807) is 17.8 Å². The first kappa shape index (κ1) is 19.5. The molecule has 0 N–H and O–H groups in total. The van der Waals surface area contributed by atoms with Gasteiger partial charge in [-0.1, -0.05) is 40.7 Å². The van der Waals surface area contributed by atoms with Crippen molar-refractivity contribution < 1.29 is 13.7 Å². The highest BCUT2D eigenvalue weighted by molar-refractivity contribution is 7.99. The number of fused-ring (bicyclic) bond motifs is 2. The lowest BCUT2D eigenvalue weighted by Crippen LogP contribution is -2.32. The summed E-state index contributed by atoms with van der Waals surface area (Å²) in [7, 11) is 0. The third-order valence-electron chi connectivity index (χ3n) is 5.54. The van der Waals surface area contributed by atoms with Crippen LogP contribution < -0.4 is 4.90 Å². The van der Waals surface area contributed by atoms with Gasteiger partial charge in [-0.15, -0.1) is 0 Å². The average Bonchev–Trinajstić information content (AvgIpc) is 3.53. The molecule has 2 aliphatic rings. The van der Waals surface area contributed by atoms with Gasteiger partial charge in [-0.05, 0) is 61.4 Å². The average molecular weight is 464 g/mol. The Morgan fingerprint density at radius 2 is 1.84 bits per heavy atom. The number of hydrogen-bond acceptors (Lipinski definition) is 5. The summed E-state index contributed by atoms with van der Waals surface area (Å²) >= 11 is 7.44. The van der Waals surface area contributed by atoms with Crippen molar-refractivity contribution in [3.05, 3.63) is 77.1 Å². The summed E-state index contributed by atoms with van der Waals surface area (Å²) in [5, 5.41) is 4.09. The molecule has 8 heteroatoms. The van der Waals surface area contributed by atoms with Crippen molar-refractivity contribution in [1.82, 2.24) is 10.1 Å². The summed E-state index contributed by atoms with van der Waals surface area (Å²) in [6.45, 7) is 0. The van der Waals surface area contributed by atoms with Gasteiger partial charge in [-0.2, -0.15) is 4.98 Å². The largest absolute Gasteiger partial charge is 0.334 e. The Kier molecular flexibility index (Phi) is 4.55. The van der Waals surface area contributed by atoms with Crippen molar-refractivity contribution in [2.45, 2.75) is 28.7 Å². The number of aromatic nitrogens is 2. The highest BCUT2D eigenvalue weighted by atomic mass is 35.5. The first-order valence-corrected chi connectivity index (χ1v) is 11.3. The van der Waals surface area contributed by atoms with Crippen LogP contribution in [0.3, 0.4) is 0 Å². The van der Waals surface area contributed by atoms with Crippen molar-refractivity contribution in [1.29, 1.82) is 0 Å². The molecule has 6 rings (SSSR count). The van der Waals surface area contributed by atoms with Crippen molar-refractivity contribution in [2.24, 2.45) is 0 Å². The van der Waals surface area contributed by atoms with Crippen LogP contribution in [-0.2, 0) is 0 Å². The maximum atomic E-state index is 13.5. The number of hydrogen-bond donors (Lipinski definition) is 0. The van der Waals surface area contributed by atoms with E-state index in [9.17, 15) is 9.18 Å². The number of anilines is 1. The van der Waals surface area contributed by atoms with E-state index in [4.69, 9.17) is 16.1 Å². The SMILES string of the molecule is O=C1c2ccccc2Sc2cc(-c3noc(-c4ccc(F)c(Cl)c4)n3)ccc2N1C1CC1. The predicted molar refractivity (Wildman–Crippen MR) is 121 cm³/mol. The van der Waals surface area contributed by atoms with E-state index in [0.29, 0.717) is 11.4 Å². The van der Waals surface area contributed by atoms with Crippen molar-refractivity contribution in [2.75, 3.05) is 4.90 Å². The fourth-order valence-corrected chi connectivity index (χ4v) is 5.09. The Hall–Kier alpha value is -3.16. The zero-order valence-corrected chi connectivity index (χ0v) is 18.2. The first-order valence-electron chi connectivity index (χ1n) is 10.1. The second-order valence-electron chi connectivity index (χ2n) is 7.74. The van der Waals surface area contributed by atoms with Crippen LogP contribution >= 0.6 is 23.4 Å². The lowest BCUT2D eigenvalue weighted by Gasteiger charge is -2.22. The number of benzene rings is 3. The zero-order valence-electron chi connectivity index (χ0n) is 16.6. The Bertz CT molecular complexity index is 1390. The van der Waals surface area contributed by atoms with E-state index in [2.05, 4.69) is 10.1 Å². The van der Waals surface area contributed by atoms with Crippen LogP contribution in [0.4, 0.5) is 10.1 Å². The topological polar surface area (TPSA) is 59.2 Å². The molecular formula is C24H15ClFN3O2S. The second kappa shape index (κ2) is 7.46. The number of nitrogens with zero attached hydrogens (tertiary/aromatic N) is 3. The monoisotopic (exact) mass is 463 g/mol. The number of halogens is 2. The molecule has 1 amide bonds. The quantitative estimate of drug-likeness (QED) is 0.348. The lowest BCUT2D eigenvalue weighted by molar-refractivity contribution is 0.0982. The zero-order chi connectivity index (χ0) is 21.8. The van der Waals surface area contributed by atoms with Gasteiger partial charge in [0.15, 0.2) is 0 Å². The van der Waals surface area contributed by atoms with Crippen LogP contribution in [0.5, 0.6) is 0 Å². The molecule has 0 atom stereocenters. The minimum Gasteiger partial charge on any atom is -0.334 e.